The molecule has 1 saturated carbocycles. The summed E-state index contributed by atoms with van der Waals surface area (Å²) in [6.45, 7) is 3.70. The van der Waals surface area contributed by atoms with Crippen LogP contribution in [0.2, 0.25) is 0 Å². The molecule has 1 fully saturated rings. The summed E-state index contributed by atoms with van der Waals surface area (Å²) in [5.74, 6) is -0.510. The summed E-state index contributed by atoms with van der Waals surface area (Å²) in [7, 11) is 0. The summed E-state index contributed by atoms with van der Waals surface area (Å²) in [5.41, 5.74) is -4.42. The number of aliphatic hydroxyl groups is 3. The molecule has 0 aromatic rings. The predicted octanol–water partition coefficient (Wildman–Crippen LogP) is -0.930. The zero-order chi connectivity index (χ0) is 9.78. The fourth-order valence-corrected chi connectivity index (χ4v) is 1.96. The third kappa shape index (κ3) is 0.620. The molecule has 4 nitrogen and oxygen atoms in total. The molecule has 70 valence electrons. The van der Waals surface area contributed by atoms with E-state index in [4.69, 9.17) is 5.11 Å². The lowest BCUT2D eigenvalue weighted by atomic mass is 10.0. The van der Waals surface area contributed by atoms with Gasteiger partial charge in [-0.1, -0.05) is 13.8 Å². The molecule has 2 atom stereocenters. The van der Waals surface area contributed by atoms with Crippen molar-refractivity contribution in [3.63, 3.8) is 0 Å². The molecular weight excluding hydrogens is 160 g/mol. The zero-order valence-corrected chi connectivity index (χ0v) is 7.46. The lowest BCUT2D eigenvalue weighted by Gasteiger charge is -2.09. The minimum atomic E-state index is -1.78. The summed E-state index contributed by atoms with van der Waals surface area (Å²) in [5, 5.41) is 28.2. The Morgan fingerprint density at radius 2 is 1.75 bits per heavy atom. The van der Waals surface area contributed by atoms with Gasteiger partial charge in [0, 0.05) is 5.41 Å². The van der Waals surface area contributed by atoms with Crippen molar-refractivity contribution < 1.29 is 20.1 Å². The summed E-state index contributed by atoms with van der Waals surface area (Å²) >= 11 is 0. The van der Waals surface area contributed by atoms with Crippen LogP contribution in [0.25, 0.3) is 0 Å². The van der Waals surface area contributed by atoms with E-state index < -0.39 is 29.0 Å². The normalized spacial score (nSPS) is 44.2. The smallest absolute Gasteiger partial charge is 0.165 e. The van der Waals surface area contributed by atoms with Gasteiger partial charge in [-0.15, -0.1) is 0 Å². The molecule has 0 radical (unpaired) electrons. The molecule has 0 amide bonds. The lowest BCUT2D eigenvalue weighted by molar-refractivity contribution is -0.133. The van der Waals surface area contributed by atoms with Crippen molar-refractivity contribution >= 4 is 5.78 Å². The molecule has 0 aromatic carbocycles. The maximum atomic E-state index is 11.0. The highest BCUT2D eigenvalue weighted by atomic mass is 16.4. The van der Waals surface area contributed by atoms with E-state index >= 15 is 0 Å². The van der Waals surface area contributed by atoms with Crippen LogP contribution >= 0.6 is 0 Å². The second-order valence-corrected chi connectivity index (χ2v) is 3.91. The maximum absolute atomic E-state index is 11.0. The molecule has 3 N–H and O–H groups in total. The Balaban J connectivity index is 3.07. The van der Waals surface area contributed by atoms with Crippen molar-refractivity contribution in [2.75, 3.05) is 6.61 Å². The van der Waals surface area contributed by atoms with Gasteiger partial charge in [-0.25, -0.2) is 0 Å². The number of ketones is 1. The van der Waals surface area contributed by atoms with Gasteiger partial charge >= 0.3 is 0 Å². The summed E-state index contributed by atoms with van der Waals surface area (Å²) < 4.78 is 0. The molecule has 0 spiro atoms. The van der Waals surface area contributed by atoms with Crippen LogP contribution in [0.1, 0.15) is 20.8 Å². The van der Waals surface area contributed by atoms with Crippen LogP contribution in [0.4, 0.5) is 0 Å². The molecule has 0 heterocycles. The molecule has 0 saturated heterocycles. The number of carbonyl (C=O) groups is 1. The largest absolute Gasteiger partial charge is 0.393 e. The van der Waals surface area contributed by atoms with Gasteiger partial charge in [0.25, 0.3) is 0 Å². The van der Waals surface area contributed by atoms with E-state index in [0.29, 0.717) is 0 Å². The van der Waals surface area contributed by atoms with E-state index in [1.54, 1.807) is 13.8 Å². The molecule has 2 unspecified atom stereocenters. The highest BCUT2D eigenvalue weighted by Crippen LogP contribution is 2.64. The molecular formula is C8H14O4. The Hall–Kier alpha value is -0.450. The van der Waals surface area contributed by atoms with Crippen LogP contribution in [0.15, 0.2) is 0 Å². The average molecular weight is 174 g/mol. The standard InChI is InChI=1S/C8H14O4/c1-5(10)8(12)6(2,3)7(8,11)4-9/h9,11-12H,4H2,1-3H3. The van der Waals surface area contributed by atoms with Gasteiger partial charge in [0.15, 0.2) is 11.4 Å². The minimum absolute atomic E-state index is 0.510. The first-order valence-corrected chi connectivity index (χ1v) is 3.82. The molecule has 1 rings (SSSR count). The van der Waals surface area contributed by atoms with Crippen LogP contribution < -0.4 is 0 Å². The fraction of sp³-hybridized carbons (Fsp3) is 0.875. The molecule has 1 aliphatic carbocycles. The van der Waals surface area contributed by atoms with E-state index in [0.717, 1.165) is 0 Å². The number of carbonyl (C=O) groups excluding carboxylic acids is 1. The number of Topliss-reactive ketones (excluding diaryl/α,β-unsaturated/α-hetero) is 1. The Labute approximate surface area is 70.8 Å². The first-order chi connectivity index (χ1) is 5.25. The zero-order valence-electron chi connectivity index (χ0n) is 7.46. The summed E-state index contributed by atoms with van der Waals surface area (Å²) in [6, 6.07) is 0. The van der Waals surface area contributed by atoms with Crippen LogP contribution in [0.3, 0.4) is 0 Å². The van der Waals surface area contributed by atoms with Gasteiger partial charge in [-0.05, 0) is 6.92 Å². The van der Waals surface area contributed by atoms with Crippen molar-refractivity contribution in [2.45, 2.75) is 32.0 Å². The summed E-state index contributed by atoms with van der Waals surface area (Å²) in [6.07, 6.45) is 0. The average Bonchev–Trinajstić information content (AvgIpc) is 2.32. The quantitative estimate of drug-likeness (QED) is 0.505. The van der Waals surface area contributed by atoms with Crippen LogP contribution in [-0.2, 0) is 4.79 Å². The Bertz CT molecular complexity index is 235. The third-order valence-corrected chi connectivity index (χ3v) is 3.21. The maximum Gasteiger partial charge on any atom is 0.165 e. The second-order valence-electron chi connectivity index (χ2n) is 3.91. The fourth-order valence-electron chi connectivity index (χ4n) is 1.96. The number of rotatable bonds is 2. The number of hydrogen-bond donors (Lipinski definition) is 3. The molecule has 0 bridgehead atoms. The molecule has 0 aliphatic heterocycles. The number of aliphatic hydroxyl groups excluding tert-OH is 1. The highest BCUT2D eigenvalue weighted by Gasteiger charge is 2.84. The third-order valence-electron chi connectivity index (χ3n) is 3.21. The van der Waals surface area contributed by atoms with Crippen molar-refractivity contribution in [1.29, 1.82) is 0 Å². The molecule has 0 aromatic heterocycles. The SMILES string of the molecule is CC(=O)C1(O)C(C)(C)C1(O)CO. The van der Waals surface area contributed by atoms with E-state index in [1.165, 1.54) is 6.92 Å². The van der Waals surface area contributed by atoms with Gasteiger partial charge in [-0.2, -0.15) is 0 Å². The summed E-state index contributed by atoms with van der Waals surface area (Å²) in [4.78, 5) is 11.0. The van der Waals surface area contributed by atoms with Crippen molar-refractivity contribution in [3.05, 3.63) is 0 Å². The van der Waals surface area contributed by atoms with Crippen LogP contribution in [-0.4, -0.2) is 38.9 Å². The number of hydrogen-bond acceptors (Lipinski definition) is 4. The molecule has 12 heavy (non-hydrogen) atoms. The van der Waals surface area contributed by atoms with E-state index in [2.05, 4.69) is 0 Å². The lowest BCUT2D eigenvalue weighted by Crippen LogP contribution is -2.34. The Morgan fingerprint density at radius 1 is 1.33 bits per heavy atom. The molecule has 4 heteroatoms. The van der Waals surface area contributed by atoms with Crippen molar-refractivity contribution in [1.82, 2.24) is 0 Å². The molecule has 1 aliphatic rings. The monoisotopic (exact) mass is 174 g/mol. The Kier molecular flexibility index (Phi) is 1.66. The van der Waals surface area contributed by atoms with Crippen LogP contribution in [0, 0.1) is 5.41 Å². The van der Waals surface area contributed by atoms with E-state index in [-0.39, 0.29) is 0 Å². The first kappa shape index (κ1) is 9.64. The second kappa shape index (κ2) is 2.07. The van der Waals surface area contributed by atoms with Gasteiger partial charge < -0.3 is 15.3 Å². The van der Waals surface area contributed by atoms with Gasteiger partial charge in [-0.3, -0.25) is 4.79 Å². The highest BCUT2D eigenvalue weighted by molar-refractivity contribution is 5.92. The van der Waals surface area contributed by atoms with Gasteiger partial charge in [0.05, 0.1) is 6.61 Å². The predicted molar refractivity (Wildman–Crippen MR) is 41.4 cm³/mol. The van der Waals surface area contributed by atoms with Gasteiger partial charge in [0.2, 0.25) is 0 Å². The van der Waals surface area contributed by atoms with E-state index in [1.807, 2.05) is 0 Å². The van der Waals surface area contributed by atoms with Crippen molar-refractivity contribution in [2.24, 2.45) is 5.41 Å². The Morgan fingerprint density at radius 3 is 1.83 bits per heavy atom. The van der Waals surface area contributed by atoms with Crippen molar-refractivity contribution in [3.8, 4) is 0 Å². The van der Waals surface area contributed by atoms with Gasteiger partial charge in [0.1, 0.15) is 5.60 Å². The first-order valence-electron chi connectivity index (χ1n) is 3.82. The van der Waals surface area contributed by atoms with E-state index in [9.17, 15) is 15.0 Å². The minimum Gasteiger partial charge on any atom is -0.393 e. The topological polar surface area (TPSA) is 77.8 Å². The van der Waals surface area contributed by atoms with Crippen LogP contribution in [0.5, 0.6) is 0 Å².